The van der Waals surface area contributed by atoms with Gasteiger partial charge in [0.15, 0.2) is 0 Å². The number of thiophene rings is 1. The van der Waals surface area contributed by atoms with E-state index in [2.05, 4.69) is 4.99 Å². The van der Waals surface area contributed by atoms with Crippen molar-refractivity contribution in [2.45, 2.75) is 6.92 Å². The number of nitrogens with zero attached hydrogens (tertiary/aromatic N) is 1. The molecule has 0 atom stereocenters. The molecule has 0 aliphatic heterocycles. The number of hydrogen-bond donors (Lipinski definition) is 0. The third-order valence-corrected chi connectivity index (χ3v) is 1.54. The van der Waals surface area contributed by atoms with Crippen molar-refractivity contribution in [3.8, 4) is 0 Å². The normalized spacial score (nSPS) is 10.6. The van der Waals surface area contributed by atoms with Crippen LogP contribution in [0.2, 0.25) is 0 Å². The van der Waals surface area contributed by atoms with Crippen molar-refractivity contribution >= 4 is 22.6 Å². The third-order valence-electron chi connectivity index (χ3n) is 0.762. The second kappa shape index (κ2) is 2.62. The Morgan fingerprint density at radius 3 is 3.12 bits per heavy atom. The van der Waals surface area contributed by atoms with E-state index in [1.807, 2.05) is 24.4 Å². The van der Waals surface area contributed by atoms with E-state index < -0.39 is 0 Å². The zero-order chi connectivity index (χ0) is 5.82. The van der Waals surface area contributed by atoms with Gasteiger partial charge >= 0.3 is 0 Å². The molecule has 0 saturated carbocycles. The first-order chi connectivity index (χ1) is 3.93. The maximum absolute atomic E-state index is 4.06. The van der Waals surface area contributed by atoms with E-state index in [1.54, 1.807) is 17.6 Å². The van der Waals surface area contributed by atoms with Gasteiger partial charge in [-0.1, -0.05) is 0 Å². The van der Waals surface area contributed by atoms with Crippen LogP contribution in [0.3, 0.4) is 0 Å². The average molecular weight is 125 g/mol. The Morgan fingerprint density at radius 1 is 1.75 bits per heavy atom. The summed E-state index contributed by atoms with van der Waals surface area (Å²) in [5.41, 5.74) is 0. The predicted octanol–water partition coefficient (Wildman–Crippen LogP) is 2.47. The molecule has 0 unspecified atom stereocenters. The van der Waals surface area contributed by atoms with Gasteiger partial charge in [-0.15, -0.1) is 11.3 Å². The summed E-state index contributed by atoms with van der Waals surface area (Å²) in [6.45, 7) is 1.92. The highest BCUT2D eigenvalue weighted by Gasteiger charge is 1.81. The van der Waals surface area contributed by atoms with E-state index in [0.29, 0.717) is 0 Å². The fraction of sp³-hybridized carbons (Fsp3) is 0.167. The minimum atomic E-state index is 1.08. The Bertz CT molecular complexity index is 165. The Labute approximate surface area is 52.7 Å². The molecule has 0 saturated heterocycles. The molecule has 1 aromatic heterocycles. The summed E-state index contributed by atoms with van der Waals surface area (Å²) in [6, 6.07) is 3.98. The Kier molecular flexibility index (Phi) is 1.80. The summed E-state index contributed by atoms with van der Waals surface area (Å²) in [7, 11) is 0. The van der Waals surface area contributed by atoms with Crippen molar-refractivity contribution in [1.82, 2.24) is 0 Å². The molecule has 1 heterocycles. The van der Waals surface area contributed by atoms with Gasteiger partial charge in [0.25, 0.3) is 0 Å². The molecule has 0 aromatic carbocycles. The van der Waals surface area contributed by atoms with Crippen LogP contribution in [0.1, 0.15) is 6.92 Å². The summed E-state index contributed by atoms with van der Waals surface area (Å²) >= 11 is 1.65. The van der Waals surface area contributed by atoms with Gasteiger partial charge in [0.05, 0.1) is 0 Å². The lowest BCUT2D eigenvalue weighted by atomic mass is 10.6. The first kappa shape index (κ1) is 5.51. The molecular formula is C6H7NS. The van der Waals surface area contributed by atoms with Crippen molar-refractivity contribution in [1.29, 1.82) is 0 Å². The SMILES string of the molecule is C/C=N/c1cccs1. The maximum Gasteiger partial charge on any atom is 0.115 e. The van der Waals surface area contributed by atoms with Crippen molar-refractivity contribution in [2.75, 3.05) is 0 Å². The lowest BCUT2D eigenvalue weighted by molar-refractivity contribution is 1.64. The zero-order valence-corrected chi connectivity index (χ0v) is 5.48. The van der Waals surface area contributed by atoms with Gasteiger partial charge in [-0.2, -0.15) is 0 Å². The second-order valence-electron chi connectivity index (χ2n) is 1.34. The van der Waals surface area contributed by atoms with E-state index in [0.717, 1.165) is 5.00 Å². The van der Waals surface area contributed by atoms with Gasteiger partial charge in [0, 0.05) is 6.21 Å². The lowest BCUT2D eigenvalue weighted by Gasteiger charge is -1.75. The molecule has 0 radical (unpaired) electrons. The molecule has 2 heteroatoms. The highest BCUT2D eigenvalue weighted by molar-refractivity contribution is 7.13. The van der Waals surface area contributed by atoms with Gasteiger partial charge in [-0.3, -0.25) is 4.99 Å². The van der Waals surface area contributed by atoms with Crippen LogP contribution >= 0.6 is 11.3 Å². The van der Waals surface area contributed by atoms with Gasteiger partial charge in [0.1, 0.15) is 5.00 Å². The largest absolute Gasteiger partial charge is 0.251 e. The van der Waals surface area contributed by atoms with Crippen molar-refractivity contribution < 1.29 is 0 Å². The number of hydrogen-bond acceptors (Lipinski definition) is 2. The van der Waals surface area contributed by atoms with E-state index >= 15 is 0 Å². The monoisotopic (exact) mass is 125 g/mol. The van der Waals surface area contributed by atoms with Crippen LogP contribution in [0.4, 0.5) is 5.00 Å². The summed E-state index contributed by atoms with van der Waals surface area (Å²) in [5.74, 6) is 0. The lowest BCUT2D eigenvalue weighted by Crippen LogP contribution is -1.51. The molecule has 0 aliphatic rings. The van der Waals surface area contributed by atoms with Crippen LogP contribution in [-0.4, -0.2) is 6.21 Å². The molecule has 0 amide bonds. The number of rotatable bonds is 1. The van der Waals surface area contributed by atoms with Crippen molar-refractivity contribution in [3.05, 3.63) is 17.5 Å². The van der Waals surface area contributed by atoms with Gasteiger partial charge in [-0.25, -0.2) is 0 Å². The third kappa shape index (κ3) is 1.17. The van der Waals surface area contributed by atoms with Crippen LogP contribution in [0, 0.1) is 0 Å². The average Bonchev–Trinajstić information content (AvgIpc) is 2.19. The Hall–Kier alpha value is -0.630. The van der Waals surface area contributed by atoms with E-state index in [4.69, 9.17) is 0 Å². The first-order valence-corrected chi connectivity index (χ1v) is 3.33. The molecule has 0 bridgehead atoms. The highest BCUT2D eigenvalue weighted by atomic mass is 32.1. The Morgan fingerprint density at radius 2 is 2.62 bits per heavy atom. The standard InChI is InChI=1S/C6H7NS/c1-2-7-6-4-3-5-8-6/h2-5H,1H3/b7-2+. The topological polar surface area (TPSA) is 12.4 Å². The molecule has 0 aliphatic carbocycles. The van der Waals surface area contributed by atoms with Crippen molar-refractivity contribution in [2.24, 2.45) is 4.99 Å². The fourth-order valence-corrected chi connectivity index (χ4v) is 1.09. The van der Waals surface area contributed by atoms with Crippen LogP contribution in [0.25, 0.3) is 0 Å². The van der Waals surface area contributed by atoms with Crippen LogP contribution in [-0.2, 0) is 0 Å². The summed E-state index contributed by atoms with van der Waals surface area (Å²) in [6.07, 6.45) is 1.80. The quantitative estimate of drug-likeness (QED) is 0.511. The molecular weight excluding hydrogens is 118 g/mol. The smallest absolute Gasteiger partial charge is 0.115 e. The molecule has 42 valence electrons. The van der Waals surface area contributed by atoms with Crippen LogP contribution in [0.15, 0.2) is 22.5 Å². The van der Waals surface area contributed by atoms with Crippen LogP contribution < -0.4 is 0 Å². The van der Waals surface area contributed by atoms with Gasteiger partial charge in [0.2, 0.25) is 0 Å². The summed E-state index contributed by atoms with van der Waals surface area (Å²) in [5, 5.41) is 3.09. The van der Waals surface area contributed by atoms with Gasteiger partial charge < -0.3 is 0 Å². The van der Waals surface area contributed by atoms with E-state index in [-0.39, 0.29) is 0 Å². The van der Waals surface area contributed by atoms with E-state index in [1.165, 1.54) is 0 Å². The molecule has 0 spiro atoms. The minimum absolute atomic E-state index is 1.08. The van der Waals surface area contributed by atoms with Crippen molar-refractivity contribution in [3.63, 3.8) is 0 Å². The summed E-state index contributed by atoms with van der Waals surface area (Å²) < 4.78 is 0. The fourth-order valence-electron chi connectivity index (χ4n) is 0.471. The predicted molar refractivity (Wildman–Crippen MR) is 38.1 cm³/mol. The minimum Gasteiger partial charge on any atom is -0.251 e. The molecule has 1 rings (SSSR count). The van der Waals surface area contributed by atoms with Gasteiger partial charge in [-0.05, 0) is 24.4 Å². The second-order valence-corrected chi connectivity index (χ2v) is 2.26. The number of aliphatic imine (C=N–C) groups is 1. The summed E-state index contributed by atoms with van der Waals surface area (Å²) in [4.78, 5) is 4.06. The molecule has 1 nitrogen and oxygen atoms in total. The van der Waals surface area contributed by atoms with E-state index in [9.17, 15) is 0 Å². The van der Waals surface area contributed by atoms with Crippen LogP contribution in [0.5, 0.6) is 0 Å². The molecule has 0 N–H and O–H groups in total. The maximum atomic E-state index is 4.06. The highest BCUT2D eigenvalue weighted by Crippen LogP contribution is 2.17. The first-order valence-electron chi connectivity index (χ1n) is 2.45. The molecule has 8 heavy (non-hydrogen) atoms. The Balaban J connectivity index is 2.77. The molecule has 1 aromatic rings. The molecule has 0 fully saturated rings. The zero-order valence-electron chi connectivity index (χ0n) is 4.66.